The Balaban J connectivity index is 5.94. The van der Waals surface area contributed by atoms with E-state index in [9.17, 15) is 33.6 Å². The summed E-state index contributed by atoms with van der Waals surface area (Å²) in [5, 5.41) is 0. The van der Waals surface area contributed by atoms with Crippen molar-refractivity contribution in [2.75, 3.05) is 13.2 Å². The summed E-state index contributed by atoms with van der Waals surface area (Å²) in [4.78, 5) is 87.9. The summed E-state index contributed by atoms with van der Waals surface area (Å²) >= 11 is 0. The van der Waals surface area contributed by atoms with Crippen molar-refractivity contribution in [3.63, 3.8) is 0 Å². The number of unbranched alkanes of at least 4 members (excludes halogenated alkanes) is 6. The van der Waals surface area contributed by atoms with Gasteiger partial charge in [-0.05, 0) is 73.6 Å². The van der Waals surface area contributed by atoms with Crippen LogP contribution in [0.25, 0.3) is 0 Å². The highest BCUT2D eigenvalue weighted by atomic mass is 16.6. The highest BCUT2D eigenvalue weighted by Crippen LogP contribution is 2.26. The van der Waals surface area contributed by atoms with Crippen LogP contribution in [0, 0.1) is 0 Å². The van der Waals surface area contributed by atoms with E-state index in [0.717, 1.165) is 12.8 Å². The molecule has 0 aliphatic rings. The van der Waals surface area contributed by atoms with Gasteiger partial charge in [-0.3, -0.25) is 4.79 Å². The molecule has 14 heteroatoms. The lowest BCUT2D eigenvalue weighted by Crippen LogP contribution is -2.44. The third-order valence-corrected chi connectivity index (χ3v) is 8.48. The second-order valence-electron chi connectivity index (χ2n) is 14.8. The Bertz CT molecular complexity index is 1550. The lowest BCUT2D eigenvalue weighted by molar-refractivity contribution is -0.176. The monoisotopic (exact) mass is 830 g/mol. The predicted octanol–water partition coefficient (Wildman–Crippen LogP) is 7.79. The Hall–Kier alpha value is -5.27. The van der Waals surface area contributed by atoms with Crippen molar-refractivity contribution in [2.45, 2.75) is 156 Å². The van der Waals surface area contributed by atoms with Gasteiger partial charge < -0.3 is 33.2 Å². The second kappa shape index (κ2) is 29.0. The Labute approximate surface area is 350 Å². The second-order valence-corrected chi connectivity index (χ2v) is 14.8. The molecule has 0 saturated carbocycles. The lowest BCUT2D eigenvalue weighted by atomic mass is 9.95. The molecule has 5 atom stereocenters. The topological polar surface area (TPSA) is 184 Å². The first kappa shape index (κ1) is 53.7. The van der Waals surface area contributed by atoms with Gasteiger partial charge in [0.15, 0.2) is 6.10 Å². The standard InChI is InChI=1S/C45H66O14/c1-14-15-19-22-35(56-42(49)30(6)7)37(58-44(51)32(10)11)25-38(59-45(52)33(12)13)36(57-43(50)31(8)9)23-20-17-16-18-21-24-39(46)53-26-34(55-41(48)29(4)5)27-54-40(47)28(2)3/h34-38H,2,4,6,8,10,12,14-27H2,1,3,5,7,9,11,13H3. The van der Waals surface area contributed by atoms with Gasteiger partial charge in [-0.15, -0.1) is 0 Å². The van der Waals surface area contributed by atoms with Crippen LogP contribution in [0.2, 0.25) is 0 Å². The first-order valence-electron chi connectivity index (χ1n) is 19.9. The van der Waals surface area contributed by atoms with Crippen LogP contribution >= 0.6 is 0 Å². The molecule has 5 unspecified atom stereocenters. The van der Waals surface area contributed by atoms with Crippen molar-refractivity contribution in [2.24, 2.45) is 0 Å². The minimum Gasteiger partial charge on any atom is -0.462 e. The van der Waals surface area contributed by atoms with Crippen LogP contribution in [-0.2, 0) is 66.7 Å². The number of carbonyl (C=O) groups excluding carboxylic acids is 7. The molecule has 0 radical (unpaired) electrons. The van der Waals surface area contributed by atoms with Crippen molar-refractivity contribution < 1.29 is 66.7 Å². The van der Waals surface area contributed by atoms with Crippen LogP contribution in [0.1, 0.15) is 126 Å². The van der Waals surface area contributed by atoms with Crippen LogP contribution in [-0.4, -0.2) is 85.5 Å². The minimum absolute atomic E-state index is 0.0736. The quantitative estimate of drug-likeness (QED) is 0.0285. The van der Waals surface area contributed by atoms with E-state index in [4.69, 9.17) is 33.2 Å². The summed E-state index contributed by atoms with van der Waals surface area (Å²) in [7, 11) is 0. The van der Waals surface area contributed by atoms with E-state index < -0.39 is 72.3 Å². The van der Waals surface area contributed by atoms with Crippen LogP contribution in [0.4, 0.5) is 0 Å². The van der Waals surface area contributed by atoms with Gasteiger partial charge >= 0.3 is 41.8 Å². The van der Waals surface area contributed by atoms with Crippen molar-refractivity contribution in [1.82, 2.24) is 0 Å². The van der Waals surface area contributed by atoms with Crippen molar-refractivity contribution in [3.05, 3.63) is 72.9 Å². The zero-order valence-electron chi connectivity index (χ0n) is 36.2. The highest BCUT2D eigenvalue weighted by molar-refractivity contribution is 5.89. The highest BCUT2D eigenvalue weighted by Gasteiger charge is 2.38. The van der Waals surface area contributed by atoms with Gasteiger partial charge in [-0.1, -0.05) is 78.5 Å². The zero-order valence-corrected chi connectivity index (χ0v) is 36.2. The molecule has 330 valence electrons. The van der Waals surface area contributed by atoms with Crippen LogP contribution < -0.4 is 0 Å². The van der Waals surface area contributed by atoms with Gasteiger partial charge in [-0.2, -0.15) is 0 Å². The van der Waals surface area contributed by atoms with Gasteiger partial charge in [-0.25, -0.2) is 28.8 Å². The molecule has 0 bridgehead atoms. The Morgan fingerprint density at radius 2 is 0.746 bits per heavy atom. The molecule has 0 fully saturated rings. The van der Waals surface area contributed by atoms with E-state index in [2.05, 4.69) is 39.5 Å². The van der Waals surface area contributed by atoms with E-state index in [1.165, 1.54) is 41.5 Å². The van der Waals surface area contributed by atoms with Gasteiger partial charge in [0.1, 0.15) is 37.6 Å². The number of hydrogen-bond donors (Lipinski definition) is 0. The first-order chi connectivity index (χ1) is 27.6. The van der Waals surface area contributed by atoms with Gasteiger partial charge in [0, 0.05) is 46.3 Å². The molecular formula is C45H66O14. The number of hydrogen-bond acceptors (Lipinski definition) is 14. The molecule has 0 aromatic carbocycles. The summed E-state index contributed by atoms with van der Waals surface area (Å²) in [5.74, 6) is -4.87. The summed E-state index contributed by atoms with van der Waals surface area (Å²) in [5.41, 5.74) is 0.701. The minimum atomic E-state index is -1.17. The maximum absolute atomic E-state index is 13.0. The molecule has 0 rings (SSSR count). The van der Waals surface area contributed by atoms with E-state index in [1.54, 1.807) is 0 Å². The first-order valence-corrected chi connectivity index (χ1v) is 19.9. The molecule has 0 aromatic rings. The smallest absolute Gasteiger partial charge is 0.333 e. The summed E-state index contributed by atoms with van der Waals surface area (Å²) < 4.78 is 38.9. The third-order valence-electron chi connectivity index (χ3n) is 8.48. The maximum Gasteiger partial charge on any atom is 0.333 e. The SMILES string of the molecule is C=C(C)C(=O)OCC(COC(=O)CCCCCCCC(OC(=O)C(=C)C)C(CC(OC(=O)C(=C)C)C(CCCCC)OC(=O)C(=C)C)OC(=O)C(=C)C)OC(=O)C(=C)C. The fourth-order valence-electron chi connectivity index (χ4n) is 5.03. The fraction of sp³-hybridized carbons (Fsp3) is 0.578. The van der Waals surface area contributed by atoms with Crippen molar-refractivity contribution in [1.29, 1.82) is 0 Å². The molecule has 14 nitrogen and oxygen atoms in total. The average Bonchev–Trinajstić information content (AvgIpc) is 3.16. The number of carbonyl (C=O) groups is 7. The molecule has 0 aliphatic carbocycles. The summed E-state index contributed by atoms with van der Waals surface area (Å²) in [6, 6.07) is 0. The molecule has 59 heavy (non-hydrogen) atoms. The number of esters is 7. The number of rotatable bonds is 31. The van der Waals surface area contributed by atoms with Crippen molar-refractivity contribution >= 4 is 41.8 Å². The average molecular weight is 831 g/mol. The Morgan fingerprint density at radius 3 is 1.15 bits per heavy atom. The van der Waals surface area contributed by atoms with Crippen molar-refractivity contribution in [3.8, 4) is 0 Å². The summed E-state index contributed by atoms with van der Waals surface area (Å²) in [6.07, 6.45) is 0.319. The molecule has 0 aromatic heterocycles. The normalized spacial score (nSPS) is 13.1. The Morgan fingerprint density at radius 1 is 0.407 bits per heavy atom. The largest absolute Gasteiger partial charge is 0.462 e. The van der Waals surface area contributed by atoms with Gasteiger partial charge in [0.2, 0.25) is 0 Å². The third kappa shape index (κ3) is 23.7. The van der Waals surface area contributed by atoms with E-state index in [-0.39, 0.29) is 65.9 Å². The zero-order chi connectivity index (χ0) is 45.2. The molecule has 0 saturated heterocycles. The molecule has 0 heterocycles. The van der Waals surface area contributed by atoms with Crippen LogP contribution in [0.3, 0.4) is 0 Å². The van der Waals surface area contributed by atoms with Gasteiger partial charge in [0.05, 0.1) is 0 Å². The lowest BCUT2D eigenvalue weighted by Gasteiger charge is -2.33. The number of ether oxygens (including phenoxy) is 7. The predicted molar refractivity (Wildman–Crippen MR) is 221 cm³/mol. The molecular weight excluding hydrogens is 764 g/mol. The van der Waals surface area contributed by atoms with E-state index in [1.807, 2.05) is 6.92 Å². The molecule has 0 amide bonds. The van der Waals surface area contributed by atoms with Gasteiger partial charge in [0.25, 0.3) is 0 Å². The Kier molecular flexibility index (Phi) is 26.4. The fourth-order valence-corrected chi connectivity index (χ4v) is 5.03. The molecule has 0 aliphatic heterocycles. The van der Waals surface area contributed by atoms with Crippen LogP contribution in [0.5, 0.6) is 0 Å². The molecule has 0 spiro atoms. The molecule has 0 N–H and O–H groups in total. The maximum atomic E-state index is 13.0. The van der Waals surface area contributed by atoms with E-state index >= 15 is 0 Å². The van der Waals surface area contributed by atoms with Crippen LogP contribution in [0.15, 0.2) is 72.9 Å². The van der Waals surface area contributed by atoms with E-state index in [0.29, 0.717) is 44.9 Å². The summed E-state index contributed by atoms with van der Waals surface area (Å²) in [6.45, 7) is 31.9.